The Bertz CT molecular complexity index is 582. The molecule has 2 aromatic rings. The smallest absolute Gasteiger partial charge is 0.278 e. The zero-order valence-corrected chi connectivity index (χ0v) is 11.3. The lowest BCUT2D eigenvalue weighted by atomic mass is 10.1. The van der Waals surface area contributed by atoms with E-state index in [-0.39, 0.29) is 10.6 Å². The Morgan fingerprint density at radius 1 is 1.10 bits per heavy atom. The van der Waals surface area contributed by atoms with Gasteiger partial charge in [-0.05, 0) is 30.3 Å². The zero-order chi connectivity index (χ0) is 14.4. The molecule has 0 fully saturated rings. The van der Waals surface area contributed by atoms with Crippen molar-refractivity contribution >= 4 is 5.69 Å². The molecule has 0 bridgehead atoms. The molecule has 0 unspecified atom stereocenters. The fraction of sp³-hybridized carbons (Fsp3) is 0.200. The van der Waals surface area contributed by atoms with Crippen LogP contribution in [0.2, 0.25) is 0 Å². The maximum absolute atomic E-state index is 10.9. The van der Waals surface area contributed by atoms with Gasteiger partial charge >= 0.3 is 0 Å². The third-order valence-corrected chi connectivity index (χ3v) is 3.09. The average molecular weight is 273 g/mol. The van der Waals surface area contributed by atoms with Crippen LogP contribution in [0, 0.1) is 10.1 Å². The Balaban J connectivity index is 1.94. The summed E-state index contributed by atoms with van der Waals surface area (Å²) < 4.78 is 5.10. The highest BCUT2D eigenvalue weighted by Gasteiger charge is 2.13. The summed E-state index contributed by atoms with van der Waals surface area (Å²) in [5.74, 6) is 0.826. The van der Waals surface area contributed by atoms with Crippen molar-refractivity contribution < 1.29 is 15.0 Å². The van der Waals surface area contributed by atoms with Gasteiger partial charge in [0, 0.05) is 11.6 Å². The van der Waals surface area contributed by atoms with E-state index in [0.29, 0.717) is 6.54 Å². The molecule has 2 rings (SSSR count). The van der Waals surface area contributed by atoms with Crippen molar-refractivity contribution in [2.24, 2.45) is 0 Å². The molecule has 0 aliphatic heterocycles. The Kier molecular flexibility index (Phi) is 4.68. The lowest BCUT2D eigenvalue weighted by Gasteiger charge is -2.04. The number of quaternary nitrogens is 1. The first kappa shape index (κ1) is 14.0. The van der Waals surface area contributed by atoms with Crippen LogP contribution < -0.4 is 10.1 Å². The Morgan fingerprint density at radius 2 is 1.80 bits per heavy atom. The first-order valence-electron chi connectivity index (χ1n) is 6.37. The molecule has 0 saturated heterocycles. The van der Waals surface area contributed by atoms with Crippen LogP contribution in [0.3, 0.4) is 0 Å². The van der Waals surface area contributed by atoms with E-state index in [4.69, 9.17) is 4.74 Å². The van der Waals surface area contributed by atoms with Gasteiger partial charge in [0.05, 0.1) is 17.6 Å². The van der Waals surface area contributed by atoms with Crippen LogP contribution >= 0.6 is 0 Å². The number of methoxy groups -OCH3 is 1. The van der Waals surface area contributed by atoms with Gasteiger partial charge < -0.3 is 10.1 Å². The van der Waals surface area contributed by atoms with E-state index in [0.717, 1.165) is 23.4 Å². The molecule has 0 aliphatic carbocycles. The number of nitrogens with zero attached hydrogens (tertiary/aromatic N) is 1. The zero-order valence-electron chi connectivity index (χ0n) is 11.3. The predicted octanol–water partition coefficient (Wildman–Crippen LogP) is 1.87. The highest BCUT2D eigenvalue weighted by Crippen LogP contribution is 2.16. The van der Waals surface area contributed by atoms with Crippen molar-refractivity contribution in [2.45, 2.75) is 13.1 Å². The van der Waals surface area contributed by atoms with Crippen LogP contribution in [-0.2, 0) is 13.1 Å². The highest BCUT2D eigenvalue weighted by molar-refractivity contribution is 5.39. The number of benzene rings is 2. The van der Waals surface area contributed by atoms with E-state index in [1.165, 1.54) is 6.07 Å². The van der Waals surface area contributed by atoms with Gasteiger partial charge in [0.1, 0.15) is 18.8 Å². The summed E-state index contributed by atoms with van der Waals surface area (Å²) in [6, 6.07) is 14.7. The highest BCUT2D eigenvalue weighted by atomic mass is 16.6. The molecule has 0 amide bonds. The van der Waals surface area contributed by atoms with E-state index in [1.54, 1.807) is 19.2 Å². The minimum atomic E-state index is -0.337. The number of nitro benzene ring substituents is 1. The quantitative estimate of drug-likeness (QED) is 0.645. The van der Waals surface area contributed by atoms with Gasteiger partial charge in [-0.2, -0.15) is 0 Å². The summed E-state index contributed by atoms with van der Waals surface area (Å²) in [6.07, 6.45) is 0. The van der Waals surface area contributed by atoms with Gasteiger partial charge in [0.25, 0.3) is 5.69 Å². The van der Waals surface area contributed by atoms with Crippen molar-refractivity contribution in [3.8, 4) is 5.75 Å². The molecule has 0 spiro atoms. The molecule has 2 aromatic carbocycles. The average Bonchev–Trinajstić information content (AvgIpc) is 2.48. The Labute approximate surface area is 117 Å². The van der Waals surface area contributed by atoms with Gasteiger partial charge in [-0.3, -0.25) is 10.1 Å². The summed E-state index contributed by atoms with van der Waals surface area (Å²) >= 11 is 0. The summed E-state index contributed by atoms with van der Waals surface area (Å²) in [4.78, 5) is 10.6. The number of nitrogens with two attached hydrogens (primary N) is 1. The molecule has 0 aliphatic rings. The monoisotopic (exact) mass is 273 g/mol. The first-order chi connectivity index (χ1) is 9.70. The third kappa shape index (κ3) is 3.55. The fourth-order valence-electron chi connectivity index (χ4n) is 2.02. The number of rotatable bonds is 6. The SMILES string of the molecule is COc1ccc(C[NH2+]Cc2ccccc2[N+](=O)[O-])cc1. The maximum Gasteiger partial charge on any atom is 0.278 e. The number of nitro groups is 1. The molecule has 2 N–H and O–H groups in total. The predicted molar refractivity (Wildman–Crippen MR) is 75.4 cm³/mol. The van der Waals surface area contributed by atoms with E-state index >= 15 is 0 Å². The maximum atomic E-state index is 10.9. The second-order valence-electron chi connectivity index (χ2n) is 4.43. The van der Waals surface area contributed by atoms with Crippen LogP contribution in [0.4, 0.5) is 5.69 Å². The Hall–Kier alpha value is -2.40. The van der Waals surface area contributed by atoms with Crippen LogP contribution in [0.15, 0.2) is 48.5 Å². The summed E-state index contributed by atoms with van der Waals surface area (Å²) in [5.41, 5.74) is 2.08. The lowest BCUT2D eigenvalue weighted by Crippen LogP contribution is -2.80. The van der Waals surface area contributed by atoms with Crippen LogP contribution in [0.25, 0.3) is 0 Å². The molecule has 0 saturated carbocycles. The molecule has 0 heterocycles. The summed E-state index contributed by atoms with van der Waals surface area (Å²) in [7, 11) is 1.63. The van der Waals surface area contributed by atoms with Crippen molar-refractivity contribution in [2.75, 3.05) is 7.11 Å². The van der Waals surface area contributed by atoms with Gasteiger partial charge in [-0.1, -0.05) is 12.1 Å². The second-order valence-corrected chi connectivity index (χ2v) is 4.43. The summed E-state index contributed by atoms with van der Waals surface area (Å²) in [6.45, 7) is 1.36. The minimum Gasteiger partial charge on any atom is -0.497 e. The number of ether oxygens (including phenoxy) is 1. The molecule has 0 aromatic heterocycles. The topological polar surface area (TPSA) is 69.0 Å². The second kappa shape index (κ2) is 6.68. The fourth-order valence-corrected chi connectivity index (χ4v) is 2.02. The molecule has 0 atom stereocenters. The van der Waals surface area contributed by atoms with E-state index in [2.05, 4.69) is 0 Å². The number of para-hydroxylation sites is 1. The molecule has 104 valence electrons. The van der Waals surface area contributed by atoms with Gasteiger partial charge in [0.2, 0.25) is 0 Å². The first-order valence-corrected chi connectivity index (χ1v) is 6.37. The van der Waals surface area contributed by atoms with Gasteiger partial charge in [0.15, 0.2) is 0 Å². The van der Waals surface area contributed by atoms with Crippen molar-refractivity contribution in [3.63, 3.8) is 0 Å². The Morgan fingerprint density at radius 3 is 2.45 bits per heavy atom. The molecule has 0 radical (unpaired) electrons. The standard InChI is InChI=1S/C15H16N2O3/c1-20-14-8-6-12(7-9-14)10-16-11-13-4-2-3-5-15(13)17(18)19/h2-9,16H,10-11H2,1H3/p+1. The molecule has 20 heavy (non-hydrogen) atoms. The lowest BCUT2D eigenvalue weighted by molar-refractivity contribution is -0.686. The van der Waals surface area contributed by atoms with E-state index in [9.17, 15) is 10.1 Å². The van der Waals surface area contributed by atoms with Crippen LogP contribution in [-0.4, -0.2) is 12.0 Å². The van der Waals surface area contributed by atoms with E-state index < -0.39 is 0 Å². The third-order valence-electron chi connectivity index (χ3n) is 3.09. The van der Waals surface area contributed by atoms with Crippen LogP contribution in [0.5, 0.6) is 5.75 Å². The van der Waals surface area contributed by atoms with Crippen molar-refractivity contribution in [1.29, 1.82) is 0 Å². The number of hydrogen-bond donors (Lipinski definition) is 1. The van der Waals surface area contributed by atoms with Gasteiger partial charge in [-0.25, -0.2) is 0 Å². The summed E-state index contributed by atoms with van der Waals surface area (Å²) in [5, 5.41) is 12.9. The molecule has 5 heteroatoms. The molecular weight excluding hydrogens is 256 g/mol. The number of hydrogen-bond acceptors (Lipinski definition) is 3. The van der Waals surface area contributed by atoms with Crippen molar-refractivity contribution in [1.82, 2.24) is 0 Å². The molecule has 5 nitrogen and oxygen atoms in total. The molecular formula is C15H17N2O3+. The van der Waals surface area contributed by atoms with Crippen LogP contribution in [0.1, 0.15) is 11.1 Å². The minimum absolute atomic E-state index is 0.179. The van der Waals surface area contributed by atoms with E-state index in [1.807, 2.05) is 35.6 Å². The van der Waals surface area contributed by atoms with Crippen molar-refractivity contribution in [3.05, 3.63) is 69.8 Å². The normalized spacial score (nSPS) is 10.2. The van der Waals surface area contributed by atoms with Gasteiger partial charge in [-0.15, -0.1) is 0 Å². The largest absolute Gasteiger partial charge is 0.497 e.